The van der Waals surface area contributed by atoms with Crippen molar-refractivity contribution in [2.75, 3.05) is 13.1 Å². The van der Waals surface area contributed by atoms with E-state index in [4.69, 9.17) is 4.74 Å². The number of cyclic esters (lactones) is 1. The molecule has 2 aliphatic heterocycles. The maximum Gasteiger partial charge on any atom is 0.408 e. The SMILES string of the molecule is CC(C)c1ccc(C(NC(=O)C2CC(F)CN2C(=O)C2CNC(=O)O2)c2ccccc2)cc1. The van der Waals surface area contributed by atoms with Gasteiger partial charge >= 0.3 is 6.09 Å². The lowest BCUT2D eigenvalue weighted by atomic mass is 9.95. The Bertz CT molecular complexity index is 1010. The van der Waals surface area contributed by atoms with E-state index in [1.807, 2.05) is 54.6 Å². The summed E-state index contributed by atoms with van der Waals surface area (Å²) in [6.45, 7) is 4.03. The van der Waals surface area contributed by atoms with Crippen LogP contribution < -0.4 is 10.6 Å². The van der Waals surface area contributed by atoms with Gasteiger partial charge in [0.25, 0.3) is 5.91 Å². The van der Waals surface area contributed by atoms with E-state index < -0.39 is 42.3 Å². The Balaban J connectivity index is 1.56. The van der Waals surface area contributed by atoms with E-state index in [1.54, 1.807) is 0 Å². The van der Waals surface area contributed by atoms with Crippen molar-refractivity contribution in [2.45, 2.75) is 50.5 Å². The minimum atomic E-state index is -1.32. The van der Waals surface area contributed by atoms with Crippen molar-refractivity contribution < 1.29 is 23.5 Å². The number of ether oxygens (including phenoxy) is 1. The number of likely N-dealkylation sites (tertiary alicyclic amines) is 1. The molecule has 0 bridgehead atoms. The third-order valence-corrected chi connectivity index (χ3v) is 6.15. The van der Waals surface area contributed by atoms with Gasteiger partial charge < -0.3 is 20.3 Å². The van der Waals surface area contributed by atoms with E-state index >= 15 is 0 Å². The number of hydrogen-bond acceptors (Lipinski definition) is 4. The molecule has 8 heteroatoms. The molecule has 4 atom stereocenters. The fourth-order valence-corrected chi connectivity index (χ4v) is 4.30. The summed E-state index contributed by atoms with van der Waals surface area (Å²) in [6.07, 6.45) is -3.17. The molecule has 7 nitrogen and oxygen atoms in total. The summed E-state index contributed by atoms with van der Waals surface area (Å²) in [5.74, 6) is -0.628. The zero-order chi connectivity index (χ0) is 23.5. The predicted molar refractivity (Wildman–Crippen MR) is 120 cm³/mol. The normalized spacial score (nSPS) is 23.2. The van der Waals surface area contributed by atoms with E-state index in [0.29, 0.717) is 5.92 Å². The molecular weight excluding hydrogens is 425 g/mol. The Hall–Kier alpha value is -3.42. The molecule has 2 saturated heterocycles. The number of alkyl halides is 1. The van der Waals surface area contributed by atoms with Crippen LogP contribution in [0.2, 0.25) is 0 Å². The molecule has 0 spiro atoms. The van der Waals surface area contributed by atoms with Crippen LogP contribution in [0.5, 0.6) is 0 Å². The second-order valence-electron chi connectivity index (χ2n) is 8.79. The highest BCUT2D eigenvalue weighted by Crippen LogP contribution is 2.27. The molecule has 2 aromatic rings. The molecule has 2 N–H and O–H groups in total. The number of nitrogens with zero attached hydrogens (tertiary/aromatic N) is 1. The summed E-state index contributed by atoms with van der Waals surface area (Å²) in [5, 5.41) is 5.44. The van der Waals surface area contributed by atoms with Crippen molar-refractivity contribution in [1.29, 1.82) is 0 Å². The van der Waals surface area contributed by atoms with Gasteiger partial charge in [0.05, 0.1) is 19.1 Å². The van der Waals surface area contributed by atoms with Gasteiger partial charge in [-0.2, -0.15) is 0 Å². The van der Waals surface area contributed by atoms with Gasteiger partial charge in [-0.15, -0.1) is 0 Å². The van der Waals surface area contributed by atoms with Crippen molar-refractivity contribution in [3.05, 3.63) is 71.3 Å². The number of alkyl carbamates (subject to hydrolysis) is 1. The van der Waals surface area contributed by atoms with Crippen LogP contribution in [0.15, 0.2) is 54.6 Å². The predicted octanol–water partition coefficient (Wildman–Crippen LogP) is 3.06. The monoisotopic (exact) mass is 453 g/mol. The summed E-state index contributed by atoms with van der Waals surface area (Å²) in [5.41, 5.74) is 2.95. The molecule has 0 aromatic heterocycles. The van der Waals surface area contributed by atoms with Crippen LogP contribution in [0, 0.1) is 0 Å². The third-order valence-electron chi connectivity index (χ3n) is 6.15. The zero-order valence-electron chi connectivity index (χ0n) is 18.7. The molecule has 33 heavy (non-hydrogen) atoms. The number of halogens is 1. The number of carbonyl (C=O) groups excluding carboxylic acids is 3. The molecule has 3 amide bonds. The summed E-state index contributed by atoms with van der Waals surface area (Å²) >= 11 is 0. The highest BCUT2D eigenvalue weighted by Gasteiger charge is 2.44. The van der Waals surface area contributed by atoms with Gasteiger partial charge in [-0.25, -0.2) is 9.18 Å². The van der Waals surface area contributed by atoms with Gasteiger partial charge in [0, 0.05) is 6.42 Å². The van der Waals surface area contributed by atoms with Gasteiger partial charge in [0.15, 0.2) is 6.10 Å². The average Bonchev–Trinajstić information content (AvgIpc) is 3.43. The Kier molecular flexibility index (Phi) is 6.62. The van der Waals surface area contributed by atoms with Gasteiger partial charge in [-0.3, -0.25) is 9.59 Å². The smallest absolute Gasteiger partial charge is 0.408 e. The molecule has 4 unspecified atom stereocenters. The highest BCUT2D eigenvalue weighted by molar-refractivity contribution is 5.92. The molecule has 2 fully saturated rings. The Morgan fingerprint density at radius 3 is 2.30 bits per heavy atom. The molecule has 0 radical (unpaired) electrons. The van der Waals surface area contributed by atoms with E-state index in [-0.39, 0.29) is 19.5 Å². The van der Waals surface area contributed by atoms with Crippen LogP contribution in [0.3, 0.4) is 0 Å². The second-order valence-corrected chi connectivity index (χ2v) is 8.79. The number of carbonyl (C=O) groups is 3. The maximum atomic E-state index is 14.3. The third kappa shape index (κ3) is 4.99. The first-order chi connectivity index (χ1) is 15.8. The van der Waals surface area contributed by atoms with E-state index in [2.05, 4.69) is 24.5 Å². The van der Waals surface area contributed by atoms with Crippen molar-refractivity contribution in [3.63, 3.8) is 0 Å². The van der Waals surface area contributed by atoms with Gasteiger partial charge in [0.2, 0.25) is 5.91 Å². The zero-order valence-corrected chi connectivity index (χ0v) is 18.7. The summed E-state index contributed by atoms with van der Waals surface area (Å²) < 4.78 is 19.3. The minimum absolute atomic E-state index is 0.00823. The maximum absolute atomic E-state index is 14.3. The lowest BCUT2D eigenvalue weighted by Gasteiger charge is -2.28. The van der Waals surface area contributed by atoms with Crippen molar-refractivity contribution >= 4 is 17.9 Å². The summed E-state index contributed by atoms with van der Waals surface area (Å²) in [7, 11) is 0. The number of hydrogen-bond donors (Lipinski definition) is 2. The standard InChI is InChI=1S/C25H28FN3O4/c1-15(2)16-8-10-18(11-9-16)22(17-6-4-3-5-7-17)28-23(30)20-12-19(26)14-29(20)24(31)21-13-27-25(32)33-21/h3-11,15,19-22H,12-14H2,1-2H3,(H,27,32)(H,28,30). The number of benzene rings is 2. The topological polar surface area (TPSA) is 87.7 Å². The van der Waals surface area contributed by atoms with Crippen molar-refractivity contribution in [1.82, 2.24) is 15.5 Å². The first-order valence-corrected chi connectivity index (χ1v) is 11.2. The summed E-state index contributed by atoms with van der Waals surface area (Å²) in [4.78, 5) is 38.7. The highest BCUT2D eigenvalue weighted by atomic mass is 19.1. The lowest BCUT2D eigenvalue weighted by Crippen LogP contribution is -2.50. The summed E-state index contributed by atoms with van der Waals surface area (Å²) in [6, 6.07) is 16.1. The Labute approximate surface area is 192 Å². The van der Waals surface area contributed by atoms with E-state index in [0.717, 1.165) is 11.1 Å². The van der Waals surface area contributed by atoms with Crippen LogP contribution in [0.1, 0.15) is 48.9 Å². The molecule has 0 aliphatic carbocycles. The Morgan fingerprint density at radius 1 is 1.06 bits per heavy atom. The number of amides is 3. The van der Waals surface area contributed by atoms with Crippen LogP contribution >= 0.6 is 0 Å². The Morgan fingerprint density at radius 2 is 1.70 bits per heavy atom. The van der Waals surface area contributed by atoms with E-state index in [1.165, 1.54) is 10.5 Å². The fraction of sp³-hybridized carbons (Fsp3) is 0.400. The molecule has 0 saturated carbocycles. The molecular formula is C25H28FN3O4. The second kappa shape index (κ2) is 9.60. The van der Waals surface area contributed by atoms with Gasteiger partial charge in [0.1, 0.15) is 12.2 Å². The lowest BCUT2D eigenvalue weighted by molar-refractivity contribution is -0.144. The fourth-order valence-electron chi connectivity index (χ4n) is 4.30. The van der Waals surface area contributed by atoms with Gasteiger partial charge in [-0.1, -0.05) is 68.4 Å². The van der Waals surface area contributed by atoms with Crippen LogP contribution in [0.25, 0.3) is 0 Å². The van der Waals surface area contributed by atoms with Crippen LogP contribution in [-0.2, 0) is 14.3 Å². The number of nitrogens with one attached hydrogen (secondary N) is 2. The molecule has 2 aliphatic rings. The first kappa shape index (κ1) is 22.8. The largest absolute Gasteiger partial charge is 0.434 e. The number of rotatable bonds is 6. The van der Waals surface area contributed by atoms with Crippen molar-refractivity contribution in [3.8, 4) is 0 Å². The quantitative estimate of drug-likeness (QED) is 0.704. The van der Waals surface area contributed by atoms with Gasteiger partial charge in [-0.05, 0) is 22.6 Å². The molecule has 2 heterocycles. The molecule has 174 valence electrons. The molecule has 4 rings (SSSR count). The van der Waals surface area contributed by atoms with E-state index in [9.17, 15) is 18.8 Å². The van der Waals surface area contributed by atoms with Crippen LogP contribution in [-0.4, -0.2) is 54.2 Å². The van der Waals surface area contributed by atoms with Crippen molar-refractivity contribution in [2.24, 2.45) is 0 Å². The minimum Gasteiger partial charge on any atom is -0.434 e. The molecule has 2 aromatic carbocycles. The average molecular weight is 454 g/mol. The van der Waals surface area contributed by atoms with Crippen LogP contribution in [0.4, 0.5) is 9.18 Å². The first-order valence-electron chi connectivity index (χ1n) is 11.2.